The van der Waals surface area contributed by atoms with Crippen LogP contribution in [-0.2, 0) is 11.2 Å². The molecule has 1 N–H and O–H groups in total. The van der Waals surface area contributed by atoms with Gasteiger partial charge in [-0.05, 0) is 58.1 Å². The zero-order valence-corrected chi connectivity index (χ0v) is 16.0. The predicted molar refractivity (Wildman–Crippen MR) is 98.2 cm³/mol. The molecule has 2 rings (SSSR count). The minimum atomic E-state index is 0.105. The Morgan fingerprint density at radius 1 is 1.21 bits per heavy atom. The molecule has 5 nitrogen and oxygen atoms in total. The summed E-state index contributed by atoms with van der Waals surface area (Å²) in [7, 11) is 0. The van der Waals surface area contributed by atoms with Gasteiger partial charge in [0.2, 0.25) is 5.91 Å². The van der Waals surface area contributed by atoms with E-state index in [1.54, 1.807) is 0 Å². The van der Waals surface area contributed by atoms with Gasteiger partial charge in [0.15, 0.2) is 5.65 Å². The van der Waals surface area contributed by atoms with Crippen LogP contribution in [0.1, 0.15) is 63.9 Å². The molecule has 5 heteroatoms. The molecule has 0 fully saturated rings. The number of hydrogen-bond acceptors (Lipinski definition) is 3. The molecule has 1 amide bonds. The van der Waals surface area contributed by atoms with Gasteiger partial charge in [-0.25, -0.2) is 9.67 Å². The first-order valence-corrected chi connectivity index (χ1v) is 8.85. The molecule has 0 aliphatic heterocycles. The number of pyridine rings is 1. The van der Waals surface area contributed by atoms with Gasteiger partial charge in [-0.2, -0.15) is 5.10 Å². The Balaban J connectivity index is 2.19. The lowest BCUT2D eigenvalue weighted by Crippen LogP contribution is -2.36. The van der Waals surface area contributed by atoms with Crippen molar-refractivity contribution in [3.63, 3.8) is 0 Å². The van der Waals surface area contributed by atoms with E-state index >= 15 is 0 Å². The first-order chi connectivity index (χ1) is 11.2. The Labute approximate surface area is 144 Å². The molecular formula is C19H30N4O. The molecule has 132 valence electrons. The van der Waals surface area contributed by atoms with Crippen molar-refractivity contribution < 1.29 is 4.79 Å². The van der Waals surface area contributed by atoms with Gasteiger partial charge < -0.3 is 5.32 Å². The van der Waals surface area contributed by atoms with Crippen LogP contribution >= 0.6 is 0 Å². The molecule has 0 spiro atoms. The van der Waals surface area contributed by atoms with Gasteiger partial charge in [0.05, 0.1) is 6.20 Å². The number of aromatic nitrogens is 3. The van der Waals surface area contributed by atoms with Crippen LogP contribution in [0.15, 0.2) is 6.20 Å². The molecular weight excluding hydrogens is 300 g/mol. The number of amides is 1. The molecule has 0 aliphatic rings. The third kappa shape index (κ3) is 3.77. The lowest BCUT2D eigenvalue weighted by Gasteiger charge is -2.18. The second-order valence-electron chi connectivity index (χ2n) is 7.32. The van der Waals surface area contributed by atoms with Crippen LogP contribution in [0.4, 0.5) is 0 Å². The topological polar surface area (TPSA) is 59.8 Å². The molecule has 24 heavy (non-hydrogen) atoms. The highest BCUT2D eigenvalue weighted by atomic mass is 16.1. The number of nitrogens with one attached hydrogen (secondary N) is 1. The van der Waals surface area contributed by atoms with E-state index in [9.17, 15) is 4.79 Å². The number of carbonyl (C=O) groups is 1. The highest BCUT2D eigenvalue weighted by Crippen LogP contribution is 2.25. The Morgan fingerprint density at radius 2 is 1.88 bits per heavy atom. The molecule has 0 aliphatic carbocycles. The lowest BCUT2D eigenvalue weighted by molar-refractivity contribution is -0.121. The second-order valence-corrected chi connectivity index (χ2v) is 7.32. The van der Waals surface area contributed by atoms with E-state index < -0.39 is 0 Å². The molecule has 0 bridgehead atoms. The summed E-state index contributed by atoms with van der Waals surface area (Å²) in [4.78, 5) is 16.9. The average molecular weight is 330 g/mol. The quantitative estimate of drug-likeness (QED) is 0.878. The molecule has 0 radical (unpaired) electrons. The molecule has 2 aromatic rings. The van der Waals surface area contributed by atoms with E-state index in [4.69, 9.17) is 4.98 Å². The molecule has 2 aromatic heterocycles. The van der Waals surface area contributed by atoms with Crippen LogP contribution < -0.4 is 5.32 Å². The number of hydrogen-bond donors (Lipinski definition) is 1. The molecule has 0 saturated heterocycles. The van der Waals surface area contributed by atoms with Crippen LogP contribution in [0.2, 0.25) is 0 Å². The third-order valence-corrected chi connectivity index (χ3v) is 4.82. The molecule has 1 atom stereocenters. The number of aryl methyl sites for hydroxylation is 2. The van der Waals surface area contributed by atoms with E-state index in [2.05, 4.69) is 45.0 Å². The summed E-state index contributed by atoms with van der Waals surface area (Å²) in [5.74, 6) is 0.547. The Kier molecular flexibility index (Phi) is 5.62. The second kappa shape index (κ2) is 7.32. The first kappa shape index (κ1) is 18.4. The molecule has 2 heterocycles. The highest BCUT2D eigenvalue weighted by Gasteiger charge is 2.16. The van der Waals surface area contributed by atoms with E-state index in [0.29, 0.717) is 18.8 Å². The van der Waals surface area contributed by atoms with E-state index in [0.717, 1.165) is 22.3 Å². The Morgan fingerprint density at radius 3 is 2.46 bits per heavy atom. The fraction of sp³-hybridized carbons (Fsp3) is 0.632. The van der Waals surface area contributed by atoms with Gasteiger partial charge in [0.25, 0.3) is 0 Å². The van der Waals surface area contributed by atoms with Gasteiger partial charge >= 0.3 is 0 Å². The lowest BCUT2D eigenvalue weighted by atomic mass is 10.00. The van der Waals surface area contributed by atoms with Crippen LogP contribution in [0.25, 0.3) is 11.0 Å². The third-order valence-electron chi connectivity index (χ3n) is 4.82. The summed E-state index contributed by atoms with van der Waals surface area (Å²) in [6.07, 6.45) is 3.09. The maximum atomic E-state index is 12.2. The summed E-state index contributed by atoms with van der Waals surface area (Å²) in [5, 5.41) is 8.62. The van der Waals surface area contributed by atoms with Crippen molar-refractivity contribution in [3.05, 3.63) is 23.0 Å². The zero-order chi connectivity index (χ0) is 18.0. The van der Waals surface area contributed by atoms with Crippen molar-refractivity contribution in [1.29, 1.82) is 0 Å². The summed E-state index contributed by atoms with van der Waals surface area (Å²) < 4.78 is 1.95. The SMILES string of the molecule is Cc1nc2c(cnn2C(C)C)c(C)c1CCC(=O)NC(C)C(C)C. The summed E-state index contributed by atoms with van der Waals surface area (Å²) >= 11 is 0. The average Bonchev–Trinajstić information content (AvgIpc) is 2.90. The van der Waals surface area contributed by atoms with Crippen molar-refractivity contribution in [2.75, 3.05) is 0 Å². The van der Waals surface area contributed by atoms with Gasteiger partial charge in [0, 0.05) is 29.6 Å². The minimum absolute atomic E-state index is 0.105. The maximum absolute atomic E-state index is 12.2. The number of carbonyl (C=O) groups excluding carboxylic acids is 1. The van der Waals surface area contributed by atoms with E-state index in [-0.39, 0.29) is 18.0 Å². The Bertz CT molecular complexity index is 731. The number of nitrogens with zero attached hydrogens (tertiary/aromatic N) is 3. The van der Waals surface area contributed by atoms with Crippen molar-refractivity contribution >= 4 is 16.9 Å². The van der Waals surface area contributed by atoms with Gasteiger partial charge in [0.1, 0.15) is 0 Å². The van der Waals surface area contributed by atoms with Gasteiger partial charge in [-0.3, -0.25) is 4.79 Å². The fourth-order valence-electron chi connectivity index (χ4n) is 2.87. The number of fused-ring (bicyclic) bond motifs is 1. The van der Waals surface area contributed by atoms with Gasteiger partial charge in [-0.1, -0.05) is 13.8 Å². The van der Waals surface area contributed by atoms with E-state index in [1.165, 1.54) is 5.56 Å². The summed E-state index contributed by atoms with van der Waals surface area (Å²) in [6.45, 7) is 14.6. The monoisotopic (exact) mass is 330 g/mol. The zero-order valence-electron chi connectivity index (χ0n) is 16.0. The van der Waals surface area contributed by atoms with E-state index in [1.807, 2.05) is 24.7 Å². The first-order valence-electron chi connectivity index (χ1n) is 8.85. The summed E-state index contributed by atoms with van der Waals surface area (Å²) in [5.41, 5.74) is 4.28. The van der Waals surface area contributed by atoms with Crippen molar-refractivity contribution in [3.8, 4) is 0 Å². The normalized spacial score (nSPS) is 13.0. The van der Waals surface area contributed by atoms with Crippen molar-refractivity contribution in [2.24, 2.45) is 5.92 Å². The maximum Gasteiger partial charge on any atom is 0.220 e. The van der Waals surface area contributed by atoms with Crippen molar-refractivity contribution in [1.82, 2.24) is 20.1 Å². The summed E-state index contributed by atoms with van der Waals surface area (Å²) in [6, 6.07) is 0.479. The highest BCUT2D eigenvalue weighted by molar-refractivity contribution is 5.81. The minimum Gasteiger partial charge on any atom is -0.353 e. The van der Waals surface area contributed by atoms with Crippen LogP contribution in [0.3, 0.4) is 0 Å². The predicted octanol–water partition coefficient (Wildman–Crippen LogP) is 3.72. The number of rotatable bonds is 6. The van der Waals surface area contributed by atoms with Crippen molar-refractivity contribution in [2.45, 2.75) is 73.4 Å². The van der Waals surface area contributed by atoms with Crippen LogP contribution in [0.5, 0.6) is 0 Å². The van der Waals surface area contributed by atoms with Gasteiger partial charge in [-0.15, -0.1) is 0 Å². The standard InChI is InChI=1S/C19H30N4O/c1-11(2)14(6)21-18(24)9-8-16-13(5)17-10-20-23(12(3)4)19(17)22-15(16)7/h10-12,14H,8-9H2,1-7H3,(H,21,24). The molecule has 0 aromatic carbocycles. The van der Waals surface area contributed by atoms with Crippen LogP contribution in [-0.4, -0.2) is 26.7 Å². The molecule has 1 unspecified atom stereocenters. The smallest absolute Gasteiger partial charge is 0.220 e. The molecule has 0 saturated carbocycles. The fourth-order valence-corrected chi connectivity index (χ4v) is 2.87. The largest absolute Gasteiger partial charge is 0.353 e. The Hall–Kier alpha value is -1.91. The van der Waals surface area contributed by atoms with Crippen LogP contribution in [0, 0.1) is 19.8 Å².